The fourth-order valence-corrected chi connectivity index (χ4v) is 2.41. The lowest BCUT2D eigenvalue weighted by molar-refractivity contribution is -0.114. The third-order valence-electron chi connectivity index (χ3n) is 3.34. The van der Waals surface area contributed by atoms with E-state index in [1.54, 1.807) is 0 Å². The molecule has 0 aliphatic rings. The third kappa shape index (κ3) is 4.96. The number of halogens is 1. The van der Waals surface area contributed by atoms with E-state index >= 15 is 0 Å². The zero-order valence-corrected chi connectivity index (χ0v) is 15.7. The summed E-state index contributed by atoms with van der Waals surface area (Å²) >= 11 is 3.35. The summed E-state index contributed by atoms with van der Waals surface area (Å²) in [6.45, 7) is 1.47. The van der Waals surface area contributed by atoms with Crippen molar-refractivity contribution in [3.05, 3.63) is 52.0 Å². The molecule has 0 atom stereocenters. The lowest BCUT2D eigenvalue weighted by atomic mass is 10.1. The van der Waals surface area contributed by atoms with E-state index < -0.39 is 5.97 Å². The van der Waals surface area contributed by atoms with Crippen molar-refractivity contribution in [3.63, 3.8) is 0 Å². The molecule has 0 bridgehead atoms. The van der Waals surface area contributed by atoms with Crippen molar-refractivity contribution < 1.29 is 23.8 Å². The molecule has 0 aliphatic heterocycles. The molecular weight excluding hydrogens is 390 g/mol. The van der Waals surface area contributed by atoms with Crippen LogP contribution < -0.4 is 14.8 Å². The van der Waals surface area contributed by atoms with Crippen molar-refractivity contribution in [1.29, 1.82) is 0 Å². The van der Waals surface area contributed by atoms with Gasteiger partial charge in [0.2, 0.25) is 5.91 Å². The predicted molar refractivity (Wildman–Crippen MR) is 97.1 cm³/mol. The van der Waals surface area contributed by atoms with Crippen LogP contribution in [0.4, 0.5) is 5.69 Å². The molecule has 7 heteroatoms. The van der Waals surface area contributed by atoms with Gasteiger partial charge in [-0.05, 0) is 17.7 Å². The summed E-state index contributed by atoms with van der Waals surface area (Å²) < 4.78 is 16.7. The first-order chi connectivity index (χ1) is 11.9. The number of hydrogen-bond acceptors (Lipinski definition) is 5. The fourth-order valence-electron chi connectivity index (χ4n) is 2.15. The SMILES string of the molecule is COc1cc(NC(C)=O)c(C(=O)OCc2ccc(Br)cc2)cc1OC. The molecule has 1 amide bonds. The molecule has 0 saturated carbocycles. The number of amides is 1. The Balaban J connectivity index is 2.26. The number of rotatable bonds is 6. The van der Waals surface area contributed by atoms with Gasteiger partial charge in [0.1, 0.15) is 6.61 Å². The molecule has 0 fully saturated rings. The van der Waals surface area contributed by atoms with Gasteiger partial charge in [0.15, 0.2) is 11.5 Å². The maximum atomic E-state index is 12.5. The van der Waals surface area contributed by atoms with Gasteiger partial charge in [-0.25, -0.2) is 4.79 Å². The van der Waals surface area contributed by atoms with Crippen molar-refractivity contribution >= 4 is 33.5 Å². The van der Waals surface area contributed by atoms with Crippen LogP contribution in [-0.4, -0.2) is 26.1 Å². The predicted octanol–water partition coefficient (Wildman–Crippen LogP) is 3.78. The molecule has 132 valence electrons. The van der Waals surface area contributed by atoms with Crippen molar-refractivity contribution in [2.75, 3.05) is 19.5 Å². The van der Waals surface area contributed by atoms with E-state index in [1.807, 2.05) is 24.3 Å². The molecule has 2 aromatic rings. The molecule has 0 aromatic heterocycles. The van der Waals surface area contributed by atoms with E-state index in [0.29, 0.717) is 17.2 Å². The molecule has 0 spiro atoms. The Hall–Kier alpha value is -2.54. The minimum absolute atomic E-state index is 0.111. The van der Waals surface area contributed by atoms with Gasteiger partial charge in [-0.1, -0.05) is 28.1 Å². The summed E-state index contributed by atoms with van der Waals surface area (Å²) in [5.41, 5.74) is 1.33. The Labute approximate surface area is 154 Å². The summed E-state index contributed by atoms with van der Waals surface area (Å²) in [6, 6.07) is 10.4. The van der Waals surface area contributed by atoms with Gasteiger partial charge < -0.3 is 19.5 Å². The lowest BCUT2D eigenvalue weighted by Crippen LogP contribution is -2.13. The van der Waals surface area contributed by atoms with E-state index in [2.05, 4.69) is 21.2 Å². The smallest absolute Gasteiger partial charge is 0.340 e. The average Bonchev–Trinajstić information content (AvgIpc) is 2.60. The summed E-state index contributed by atoms with van der Waals surface area (Å²) in [6.07, 6.45) is 0. The molecule has 0 unspecified atom stereocenters. The molecule has 0 aliphatic carbocycles. The van der Waals surface area contributed by atoms with Crippen LogP contribution in [0.1, 0.15) is 22.8 Å². The second-order valence-electron chi connectivity index (χ2n) is 5.14. The zero-order valence-electron chi connectivity index (χ0n) is 14.1. The van der Waals surface area contributed by atoms with Gasteiger partial charge in [0.25, 0.3) is 0 Å². The number of ether oxygens (including phenoxy) is 3. The maximum Gasteiger partial charge on any atom is 0.340 e. The second kappa shape index (κ2) is 8.53. The van der Waals surface area contributed by atoms with Gasteiger partial charge in [-0.3, -0.25) is 4.79 Å². The molecule has 6 nitrogen and oxygen atoms in total. The third-order valence-corrected chi connectivity index (χ3v) is 3.87. The van der Waals surface area contributed by atoms with E-state index in [1.165, 1.54) is 33.3 Å². The molecular formula is C18H18BrNO5. The Morgan fingerprint density at radius 3 is 2.20 bits per heavy atom. The normalized spacial score (nSPS) is 10.1. The number of carbonyl (C=O) groups is 2. The van der Waals surface area contributed by atoms with E-state index in [4.69, 9.17) is 14.2 Å². The maximum absolute atomic E-state index is 12.5. The number of anilines is 1. The van der Waals surface area contributed by atoms with E-state index in [9.17, 15) is 9.59 Å². The van der Waals surface area contributed by atoms with Crippen LogP contribution in [0.15, 0.2) is 40.9 Å². The van der Waals surface area contributed by atoms with Crippen LogP contribution in [0, 0.1) is 0 Å². The van der Waals surface area contributed by atoms with Crippen molar-refractivity contribution in [2.45, 2.75) is 13.5 Å². The lowest BCUT2D eigenvalue weighted by Gasteiger charge is -2.14. The highest BCUT2D eigenvalue weighted by Crippen LogP contribution is 2.34. The van der Waals surface area contributed by atoms with Crippen LogP contribution in [0.2, 0.25) is 0 Å². The Bertz CT molecular complexity index is 774. The number of carbonyl (C=O) groups excluding carboxylic acids is 2. The molecule has 2 aromatic carbocycles. The van der Waals surface area contributed by atoms with Crippen LogP contribution in [-0.2, 0) is 16.1 Å². The summed E-state index contributed by atoms with van der Waals surface area (Å²) in [5.74, 6) is -0.121. The number of benzene rings is 2. The van der Waals surface area contributed by atoms with Gasteiger partial charge >= 0.3 is 5.97 Å². The first-order valence-electron chi connectivity index (χ1n) is 7.39. The molecule has 0 heterocycles. The quantitative estimate of drug-likeness (QED) is 0.737. The second-order valence-corrected chi connectivity index (χ2v) is 6.05. The molecule has 25 heavy (non-hydrogen) atoms. The van der Waals surface area contributed by atoms with Crippen molar-refractivity contribution in [3.8, 4) is 11.5 Å². The Morgan fingerprint density at radius 2 is 1.64 bits per heavy atom. The highest BCUT2D eigenvalue weighted by Gasteiger charge is 2.19. The number of nitrogens with one attached hydrogen (secondary N) is 1. The van der Waals surface area contributed by atoms with Gasteiger partial charge in [-0.2, -0.15) is 0 Å². The highest BCUT2D eigenvalue weighted by atomic mass is 79.9. The standard InChI is InChI=1S/C18H18BrNO5/c1-11(21)20-15-9-17(24-3)16(23-2)8-14(15)18(22)25-10-12-4-6-13(19)7-5-12/h4-9H,10H2,1-3H3,(H,20,21). The monoisotopic (exact) mass is 407 g/mol. The summed E-state index contributed by atoms with van der Waals surface area (Å²) in [7, 11) is 2.94. The number of esters is 1. The largest absolute Gasteiger partial charge is 0.493 e. The summed E-state index contributed by atoms with van der Waals surface area (Å²) in [5, 5.41) is 2.60. The fraction of sp³-hybridized carbons (Fsp3) is 0.222. The molecule has 0 saturated heterocycles. The van der Waals surface area contributed by atoms with Gasteiger partial charge in [-0.15, -0.1) is 0 Å². The number of hydrogen-bond donors (Lipinski definition) is 1. The topological polar surface area (TPSA) is 73.9 Å². The van der Waals surface area contributed by atoms with E-state index in [0.717, 1.165) is 10.0 Å². The molecule has 1 N–H and O–H groups in total. The Morgan fingerprint density at radius 1 is 1.04 bits per heavy atom. The minimum atomic E-state index is -0.576. The molecule has 2 rings (SSSR count). The van der Waals surface area contributed by atoms with Crippen LogP contribution >= 0.6 is 15.9 Å². The average molecular weight is 408 g/mol. The van der Waals surface area contributed by atoms with Crippen molar-refractivity contribution in [2.24, 2.45) is 0 Å². The van der Waals surface area contributed by atoms with Crippen LogP contribution in [0.3, 0.4) is 0 Å². The van der Waals surface area contributed by atoms with Crippen LogP contribution in [0.5, 0.6) is 11.5 Å². The molecule has 0 radical (unpaired) electrons. The van der Waals surface area contributed by atoms with Gasteiger partial charge in [0.05, 0.1) is 25.5 Å². The first kappa shape index (κ1) is 18.8. The summed E-state index contributed by atoms with van der Waals surface area (Å²) in [4.78, 5) is 23.9. The minimum Gasteiger partial charge on any atom is -0.493 e. The zero-order chi connectivity index (χ0) is 18.4. The number of methoxy groups -OCH3 is 2. The Kier molecular flexibility index (Phi) is 6.41. The first-order valence-corrected chi connectivity index (χ1v) is 8.19. The van der Waals surface area contributed by atoms with Gasteiger partial charge in [0, 0.05) is 23.5 Å². The van der Waals surface area contributed by atoms with Crippen LogP contribution in [0.25, 0.3) is 0 Å². The highest BCUT2D eigenvalue weighted by molar-refractivity contribution is 9.10. The van der Waals surface area contributed by atoms with Crippen molar-refractivity contribution in [1.82, 2.24) is 0 Å². The van der Waals surface area contributed by atoms with E-state index in [-0.39, 0.29) is 18.1 Å².